The Morgan fingerprint density at radius 1 is 1.50 bits per heavy atom. The average molecular weight is 142 g/mol. The summed E-state index contributed by atoms with van der Waals surface area (Å²) >= 11 is 0. The Morgan fingerprint density at radius 3 is 2.50 bits per heavy atom. The molecule has 0 aromatic heterocycles. The number of carbonyl (C=O) groups excluding carboxylic acids is 2. The molecule has 0 rings (SSSR count). The van der Waals surface area contributed by atoms with Crippen LogP contribution in [0.1, 0.15) is 0 Å². The number of nitrogens with one attached hydrogen (secondary N) is 1. The molecule has 0 aliphatic carbocycles. The van der Waals surface area contributed by atoms with Crippen LogP contribution in [0.15, 0.2) is 0 Å². The highest BCUT2D eigenvalue weighted by atomic mass is 16.3. The van der Waals surface area contributed by atoms with E-state index in [0.717, 1.165) is 0 Å². The van der Waals surface area contributed by atoms with E-state index in [1.807, 2.05) is 0 Å². The molecule has 0 aliphatic rings. The first-order valence-electron chi connectivity index (χ1n) is 2.47. The monoisotopic (exact) mass is 142 g/mol. The number of imide groups is 1. The second kappa shape index (κ2) is 4.47. The van der Waals surface area contributed by atoms with Gasteiger partial charge in [-0.25, -0.2) is 6.57 Å². The van der Waals surface area contributed by atoms with Crippen molar-refractivity contribution >= 4 is 11.8 Å². The van der Waals surface area contributed by atoms with Gasteiger partial charge >= 0.3 is 5.91 Å². The first-order valence-corrected chi connectivity index (χ1v) is 2.47. The van der Waals surface area contributed by atoms with E-state index in [2.05, 4.69) is 4.85 Å². The maximum Gasteiger partial charge on any atom is 0.306 e. The maximum absolute atomic E-state index is 10.4. The summed E-state index contributed by atoms with van der Waals surface area (Å²) in [5.74, 6) is -1.47. The minimum atomic E-state index is -0.784. The summed E-state index contributed by atoms with van der Waals surface area (Å²) in [6.07, 6.45) is 0. The SMILES string of the molecule is [C-]#[N+]CC(=O)NC(=O)CO. The lowest BCUT2D eigenvalue weighted by Gasteiger charge is -1.93. The minimum absolute atomic E-state index is 0.383. The van der Waals surface area contributed by atoms with Crippen molar-refractivity contribution in [1.29, 1.82) is 0 Å². The zero-order valence-electron chi connectivity index (χ0n) is 5.13. The Bertz CT molecular complexity index is 182. The van der Waals surface area contributed by atoms with Gasteiger partial charge in [0.25, 0.3) is 12.5 Å². The third-order valence-electron chi connectivity index (χ3n) is 0.645. The molecule has 0 fully saturated rings. The maximum atomic E-state index is 10.4. The third-order valence-corrected chi connectivity index (χ3v) is 0.645. The Kier molecular flexibility index (Phi) is 3.84. The van der Waals surface area contributed by atoms with Gasteiger partial charge in [-0.15, -0.1) is 0 Å². The Labute approximate surface area is 57.5 Å². The molecule has 5 heteroatoms. The number of nitrogens with zero attached hydrogens (tertiary/aromatic N) is 1. The average Bonchev–Trinajstić information content (AvgIpc) is 1.88. The predicted molar refractivity (Wildman–Crippen MR) is 31.7 cm³/mol. The molecule has 2 N–H and O–H groups in total. The van der Waals surface area contributed by atoms with Gasteiger partial charge < -0.3 is 9.95 Å². The van der Waals surface area contributed by atoms with Crippen LogP contribution < -0.4 is 5.32 Å². The number of hydrogen-bond acceptors (Lipinski definition) is 3. The highest BCUT2D eigenvalue weighted by Crippen LogP contribution is 1.69. The molecule has 0 aromatic carbocycles. The molecule has 5 nitrogen and oxygen atoms in total. The first kappa shape index (κ1) is 8.59. The van der Waals surface area contributed by atoms with Gasteiger partial charge in [-0.3, -0.25) is 14.9 Å². The Morgan fingerprint density at radius 2 is 2.10 bits per heavy atom. The van der Waals surface area contributed by atoms with Gasteiger partial charge in [-0.1, -0.05) is 0 Å². The fourth-order valence-corrected chi connectivity index (χ4v) is 0.306. The molecule has 0 aliphatic heterocycles. The van der Waals surface area contributed by atoms with Crippen LogP contribution >= 0.6 is 0 Å². The molecule has 0 unspecified atom stereocenters. The Hall–Kier alpha value is -1.41. The predicted octanol–water partition coefficient (Wildman–Crippen LogP) is -1.46. The van der Waals surface area contributed by atoms with Gasteiger partial charge in [0.2, 0.25) is 0 Å². The van der Waals surface area contributed by atoms with Crippen LogP contribution in [-0.4, -0.2) is 30.1 Å². The molecule has 0 aromatic rings. The number of amides is 2. The lowest BCUT2D eigenvalue weighted by molar-refractivity contribution is -0.131. The Balaban J connectivity index is 3.60. The second-order valence-electron chi connectivity index (χ2n) is 1.45. The van der Waals surface area contributed by atoms with Gasteiger partial charge in [-0.2, -0.15) is 0 Å². The number of hydrogen-bond donors (Lipinski definition) is 2. The molecular formula is C5H6N2O3. The number of rotatable bonds is 2. The van der Waals surface area contributed by atoms with Crippen LogP contribution in [0.2, 0.25) is 0 Å². The summed E-state index contributed by atoms with van der Waals surface area (Å²) in [6.45, 7) is 5.11. The quantitative estimate of drug-likeness (QED) is 0.463. The van der Waals surface area contributed by atoms with E-state index in [1.54, 1.807) is 5.32 Å². The number of carbonyl (C=O) groups is 2. The van der Waals surface area contributed by atoms with Gasteiger partial charge in [0.1, 0.15) is 6.61 Å². The van der Waals surface area contributed by atoms with Crippen molar-refractivity contribution in [3.63, 3.8) is 0 Å². The van der Waals surface area contributed by atoms with Gasteiger partial charge in [0.15, 0.2) is 0 Å². The molecule has 0 spiro atoms. The summed E-state index contributed by atoms with van der Waals surface area (Å²) in [6, 6.07) is 0. The lowest BCUT2D eigenvalue weighted by atomic mass is 10.5. The van der Waals surface area contributed by atoms with Crippen LogP contribution in [0.4, 0.5) is 0 Å². The van der Waals surface area contributed by atoms with Crippen LogP contribution in [0.25, 0.3) is 4.85 Å². The van der Waals surface area contributed by atoms with Gasteiger partial charge in [0.05, 0.1) is 0 Å². The topological polar surface area (TPSA) is 70.8 Å². The summed E-state index contributed by atoms with van der Waals surface area (Å²) in [5.41, 5.74) is 0. The molecule has 0 radical (unpaired) electrons. The van der Waals surface area contributed by atoms with E-state index < -0.39 is 18.4 Å². The van der Waals surface area contributed by atoms with Crippen molar-refractivity contribution in [2.75, 3.05) is 13.2 Å². The largest absolute Gasteiger partial charge is 0.387 e. The zero-order chi connectivity index (χ0) is 7.98. The lowest BCUT2D eigenvalue weighted by Crippen LogP contribution is -2.33. The highest BCUT2D eigenvalue weighted by Gasteiger charge is 2.06. The van der Waals surface area contributed by atoms with Crippen LogP contribution in [0.5, 0.6) is 0 Å². The number of aliphatic hydroxyl groups is 1. The smallest absolute Gasteiger partial charge is 0.306 e. The van der Waals surface area contributed by atoms with Crippen molar-refractivity contribution in [2.24, 2.45) is 0 Å². The molecule has 0 saturated heterocycles. The summed E-state index contributed by atoms with van der Waals surface area (Å²) in [5, 5.41) is 9.90. The second-order valence-corrected chi connectivity index (χ2v) is 1.45. The summed E-state index contributed by atoms with van der Waals surface area (Å²) in [7, 11) is 0. The molecule has 0 heterocycles. The zero-order valence-corrected chi connectivity index (χ0v) is 5.13. The molecule has 0 bridgehead atoms. The third kappa shape index (κ3) is 3.57. The van der Waals surface area contributed by atoms with Crippen molar-refractivity contribution in [3.8, 4) is 0 Å². The van der Waals surface area contributed by atoms with E-state index in [4.69, 9.17) is 11.7 Å². The van der Waals surface area contributed by atoms with Gasteiger partial charge in [0, 0.05) is 0 Å². The van der Waals surface area contributed by atoms with Crippen molar-refractivity contribution < 1.29 is 14.7 Å². The fourth-order valence-electron chi connectivity index (χ4n) is 0.306. The fraction of sp³-hybridized carbons (Fsp3) is 0.400. The minimum Gasteiger partial charge on any atom is -0.387 e. The van der Waals surface area contributed by atoms with E-state index in [1.165, 1.54) is 0 Å². The molecular weight excluding hydrogens is 136 g/mol. The first-order chi connectivity index (χ1) is 4.70. The van der Waals surface area contributed by atoms with E-state index in [-0.39, 0.29) is 6.54 Å². The molecule has 2 amide bonds. The highest BCUT2D eigenvalue weighted by molar-refractivity contribution is 5.97. The normalized spacial score (nSPS) is 8.00. The summed E-state index contributed by atoms with van der Waals surface area (Å²) < 4.78 is 0. The van der Waals surface area contributed by atoms with Crippen molar-refractivity contribution in [1.82, 2.24) is 5.32 Å². The molecule has 10 heavy (non-hydrogen) atoms. The summed E-state index contributed by atoms with van der Waals surface area (Å²) in [4.78, 5) is 23.3. The standard InChI is InChI=1S/C5H6N2O3/c1-6-2-4(9)7-5(10)3-8/h8H,2-3H2,(H,7,9,10). The van der Waals surface area contributed by atoms with Crippen LogP contribution in [0.3, 0.4) is 0 Å². The van der Waals surface area contributed by atoms with Gasteiger partial charge in [-0.05, 0) is 0 Å². The molecule has 54 valence electrons. The molecule has 0 atom stereocenters. The van der Waals surface area contributed by atoms with Crippen LogP contribution in [0, 0.1) is 6.57 Å². The molecule has 0 saturated carbocycles. The van der Waals surface area contributed by atoms with E-state index in [9.17, 15) is 9.59 Å². The van der Waals surface area contributed by atoms with Crippen LogP contribution in [-0.2, 0) is 9.59 Å². The van der Waals surface area contributed by atoms with E-state index in [0.29, 0.717) is 0 Å². The van der Waals surface area contributed by atoms with Crippen molar-refractivity contribution in [2.45, 2.75) is 0 Å². The van der Waals surface area contributed by atoms with Crippen molar-refractivity contribution in [3.05, 3.63) is 11.4 Å². The van der Waals surface area contributed by atoms with E-state index >= 15 is 0 Å². The number of aliphatic hydroxyl groups excluding tert-OH is 1.